The van der Waals surface area contributed by atoms with Gasteiger partial charge in [-0.3, -0.25) is 9.79 Å². The van der Waals surface area contributed by atoms with Crippen molar-refractivity contribution in [2.24, 2.45) is 15.9 Å². The molecule has 1 fully saturated rings. The van der Waals surface area contributed by atoms with Crippen molar-refractivity contribution in [1.29, 1.82) is 0 Å². The third kappa shape index (κ3) is 4.58. The lowest BCUT2D eigenvalue weighted by atomic mass is 9.73. The Balaban J connectivity index is 1.26. The maximum atomic E-state index is 14.3. The number of ketones is 1. The van der Waals surface area contributed by atoms with Crippen LogP contribution in [0.15, 0.2) is 113 Å². The summed E-state index contributed by atoms with van der Waals surface area (Å²) in [5, 5.41) is 7.40. The molecule has 5 aliphatic rings. The summed E-state index contributed by atoms with van der Waals surface area (Å²) < 4.78 is 0. The summed E-state index contributed by atoms with van der Waals surface area (Å²) in [4.78, 5) is 27.2. The molecule has 4 aromatic carbocycles. The molecule has 226 valence electrons. The van der Waals surface area contributed by atoms with Crippen molar-refractivity contribution >= 4 is 28.7 Å². The van der Waals surface area contributed by atoms with Crippen LogP contribution in [0, 0.1) is 16.4 Å². The first-order chi connectivity index (χ1) is 22.7. The number of fused-ring (bicyclic) bond motifs is 6. The van der Waals surface area contributed by atoms with Crippen LogP contribution in [0.1, 0.15) is 53.1 Å². The molecule has 2 unspecified atom stereocenters. The number of rotatable bonds is 6. The summed E-state index contributed by atoms with van der Waals surface area (Å²) in [6.07, 6.45) is 10.1. The Hall–Kier alpha value is -4.67. The Morgan fingerprint density at radius 2 is 1.57 bits per heavy atom. The minimum atomic E-state index is -0.253. The van der Waals surface area contributed by atoms with Crippen molar-refractivity contribution in [3.05, 3.63) is 151 Å². The molecule has 3 heterocycles. The average molecular weight is 600 g/mol. The molecule has 0 amide bonds. The van der Waals surface area contributed by atoms with Crippen molar-refractivity contribution in [2.75, 3.05) is 26.2 Å². The van der Waals surface area contributed by atoms with Crippen molar-refractivity contribution in [3.8, 4) is 0 Å². The van der Waals surface area contributed by atoms with Crippen molar-refractivity contribution in [3.63, 3.8) is 0 Å². The zero-order valence-electron chi connectivity index (χ0n) is 26.1. The first kappa shape index (κ1) is 27.6. The maximum Gasteiger partial charge on any atom is 0.170 e. The van der Waals surface area contributed by atoms with E-state index in [1.807, 2.05) is 36.4 Å². The van der Waals surface area contributed by atoms with Gasteiger partial charge in [-0.25, -0.2) is 4.99 Å². The number of dihydropyridines is 1. The van der Waals surface area contributed by atoms with Gasteiger partial charge in [0.1, 0.15) is 0 Å². The van der Waals surface area contributed by atoms with E-state index in [0.717, 1.165) is 53.7 Å². The smallest absolute Gasteiger partial charge is 0.170 e. The monoisotopic (exact) mass is 599 g/mol. The van der Waals surface area contributed by atoms with Crippen LogP contribution in [0.3, 0.4) is 0 Å². The minimum absolute atomic E-state index is 0.184. The molecule has 1 saturated heterocycles. The zero-order chi connectivity index (χ0) is 30.6. The SMILES string of the molecule is O=C(c1ccccc1)C1CCc2c3c(ccc2=C1C1=NCC2=c4ccccc4=NC2=C1)=c1ccccc1=CC3CCN1CCCC1. The van der Waals surface area contributed by atoms with Crippen molar-refractivity contribution in [2.45, 2.75) is 38.0 Å². The summed E-state index contributed by atoms with van der Waals surface area (Å²) >= 11 is 0. The van der Waals surface area contributed by atoms with E-state index in [0.29, 0.717) is 12.5 Å². The number of aliphatic imine (C=N–C) groups is 1. The molecule has 4 heteroatoms. The van der Waals surface area contributed by atoms with Crippen LogP contribution in [-0.2, 0) is 6.42 Å². The highest BCUT2D eigenvalue weighted by molar-refractivity contribution is 6.30. The number of hydrogen-bond acceptors (Lipinski definition) is 4. The molecule has 0 aromatic heterocycles. The number of carbonyl (C=O) groups is 1. The fraction of sp³-hybridized carbons (Fsp3) is 0.262. The lowest BCUT2D eigenvalue weighted by Crippen LogP contribution is -2.35. The van der Waals surface area contributed by atoms with Crippen LogP contribution in [0.2, 0.25) is 0 Å². The van der Waals surface area contributed by atoms with Crippen LogP contribution in [0.25, 0.3) is 17.2 Å². The standard InChI is InChI=1S/C42H37N3O/c46-42(27-10-2-1-3-11-27)35-19-18-33-34(41(35)39-25-38-36(26-43-39)31-14-6-7-15-37(31)44-38)17-16-32-30-13-5-4-12-28(30)24-29(40(32)33)20-23-45-21-8-9-22-45/h1-7,10-17,24-25,29,35H,8-9,18-23,26H2. The van der Waals surface area contributed by atoms with E-state index < -0.39 is 0 Å². The Kier molecular flexibility index (Phi) is 6.78. The number of Topliss-reactive ketones (excluding diaryl/α,β-unsaturated/α-hetero) is 1. The fourth-order valence-corrected chi connectivity index (χ4v) is 8.54. The normalized spacial score (nSPS) is 21.1. The summed E-state index contributed by atoms with van der Waals surface area (Å²) in [5.41, 5.74) is 7.80. The highest BCUT2D eigenvalue weighted by Crippen LogP contribution is 2.36. The molecule has 46 heavy (non-hydrogen) atoms. The lowest BCUT2D eigenvalue weighted by Gasteiger charge is -2.30. The summed E-state index contributed by atoms with van der Waals surface area (Å²) in [7, 11) is 0. The molecule has 0 saturated carbocycles. The van der Waals surface area contributed by atoms with E-state index in [4.69, 9.17) is 9.98 Å². The molecular weight excluding hydrogens is 562 g/mol. The zero-order valence-corrected chi connectivity index (χ0v) is 26.1. The fourth-order valence-electron chi connectivity index (χ4n) is 8.54. The number of carbonyl (C=O) groups excluding carboxylic acids is 1. The Morgan fingerprint density at radius 1 is 0.804 bits per heavy atom. The molecule has 3 aliphatic heterocycles. The van der Waals surface area contributed by atoms with Gasteiger partial charge < -0.3 is 4.90 Å². The van der Waals surface area contributed by atoms with E-state index >= 15 is 0 Å². The van der Waals surface area contributed by atoms with Gasteiger partial charge in [-0.15, -0.1) is 0 Å². The van der Waals surface area contributed by atoms with Crippen molar-refractivity contribution in [1.82, 2.24) is 4.90 Å². The Labute approximate surface area is 268 Å². The molecule has 9 rings (SSSR count). The number of allylic oxidation sites excluding steroid dienone is 1. The third-order valence-corrected chi connectivity index (χ3v) is 10.7. The van der Waals surface area contributed by atoms with Gasteiger partial charge in [0, 0.05) is 22.3 Å². The molecule has 0 N–H and O–H groups in total. The average Bonchev–Trinajstić information content (AvgIpc) is 3.77. The van der Waals surface area contributed by atoms with Crippen LogP contribution in [0.4, 0.5) is 0 Å². The molecule has 0 bridgehead atoms. The highest BCUT2D eigenvalue weighted by atomic mass is 16.1. The van der Waals surface area contributed by atoms with E-state index in [1.54, 1.807) is 0 Å². The Morgan fingerprint density at radius 3 is 2.43 bits per heavy atom. The van der Waals surface area contributed by atoms with Gasteiger partial charge in [-0.1, -0.05) is 91.0 Å². The van der Waals surface area contributed by atoms with E-state index in [-0.39, 0.29) is 11.7 Å². The van der Waals surface area contributed by atoms with Gasteiger partial charge in [0.05, 0.1) is 29.2 Å². The Bertz CT molecular complexity index is 2330. The second-order valence-electron chi connectivity index (χ2n) is 13.3. The molecule has 0 radical (unpaired) electrons. The van der Waals surface area contributed by atoms with Gasteiger partial charge in [0.25, 0.3) is 0 Å². The van der Waals surface area contributed by atoms with E-state index in [2.05, 4.69) is 71.6 Å². The van der Waals surface area contributed by atoms with Crippen LogP contribution in [-0.4, -0.2) is 42.6 Å². The van der Waals surface area contributed by atoms with Gasteiger partial charge in [-0.05, 0) is 101 Å². The summed E-state index contributed by atoms with van der Waals surface area (Å²) in [6.45, 7) is 4.13. The number of benzene rings is 4. The first-order valence-electron chi connectivity index (χ1n) is 17.0. The minimum Gasteiger partial charge on any atom is -0.303 e. The van der Waals surface area contributed by atoms with E-state index in [9.17, 15) is 4.79 Å². The number of nitrogens with zero attached hydrogens (tertiary/aromatic N) is 3. The van der Waals surface area contributed by atoms with Crippen LogP contribution >= 0.6 is 0 Å². The van der Waals surface area contributed by atoms with Gasteiger partial charge in [0.15, 0.2) is 5.78 Å². The molecule has 4 aromatic rings. The molecule has 0 spiro atoms. The quantitative estimate of drug-likeness (QED) is 0.300. The second-order valence-corrected chi connectivity index (χ2v) is 13.3. The largest absolute Gasteiger partial charge is 0.303 e. The number of para-hydroxylation sites is 1. The van der Waals surface area contributed by atoms with Crippen LogP contribution in [0.5, 0.6) is 0 Å². The summed E-state index contributed by atoms with van der Waals surface area (Å²) in [6, 6.07) is 31.7. The molecular formula is C42H37N3O. The van der Waals surface area contributed by atoms with Gasteiger partial charge in [0.2, 0.25) is 0 Å². The predicted octanol–water partition coefficient (Wildman–Crippen LogP) is 4.76. The van der Waals surface area contributed by atoms with Crippen molar-refractivity contribution < 1.29 is 4.79 Å². The predicted molar refractivity (Wildman–Crippen MR) is 184 cm³/mol. The molecule has 4 nitrogen and oxygen atoms in total. The first-order valence-corrected chi connectivity index (χ1v) is 17.0. The summed E-state index contributed by atoms with van der Waals surface area (Å²) in [5.74, 6) is 0.273. The molecule has 2 atom stereocenters. The maximum absolute atomic E-state index is 14.3. The van der Waals surface area contributed by atoms with E-state index in [1.165, 1.54) is 68.7 Å². The van der Waals surface area contributed by atoms with Gasteiger partial charge >= 0.3 is 0 Å². The number of hydrogen-bond donors (Lipinski definition) is 0. The lowest BCUT2D eigenvalue weighted by molar-refractivity contribution is 0.0945. The van der Waals surface area contributed by atoms with Gasteiger partial charge in [-0.2, -0.15) is 0 Å². The second kappa shape index (κ2) is 11.3. The topological polar surface area (TPSA) is 45.0 Å². The number of likely N-dealkylation sites (tertiary alicyclic amines) is 1. The third-order valence-electron chi connectivity index (χ3n) is 10.7. The molecule has 2 aliphatic carbocycles. The highest BCUT2D eigenvalue weighted by Gasteiger charge is 2.34. The van der Waals surface area contributed by atoms with Crippen LogP contribution < -0.4 is 21.0 Å².